The van der Waals surface area contributed by atoms with Crippen molar-refractivity contribution in [1.29, 1.82) is 0 Å². The van der Waals surface area contributed by atoms with Gasteiger partial charge in [0.1, 0.15) is 0 Å². The average Bonchev–Trinajstić information content (AvgIpc) is 2.71. The van der Waals surface area contributed by atoms with Gasteiger partial charge in [0.15, 0.2) is 0 Å². The van der Waals surface area contributed by atoms with Crippen LogP contribution in [0.25, 0.3) is 0 Å². The normalized spacial score (nSPS) is 14.5. The SMILES string of the molecule is Cc1ccc(C)c(NC(=O)CN(C)C(=O)c2ccc(C3CCCCC3)cc2)c1. The molecule has 0 aromatic heterocycles. The highest BCUT2D eigenvalue weighted by molar-refractivity contribution is 5.99. The van der Waals surface area contributed by atoms with Crippen molar-refractivity contribution in [3.8, 4) is 0 Å². The van der Waals surface area contributed by atoms with Crippen molar-refractivity contribution in [1.82, 2.24) is 4.90 Å². The molecule has 0 radical (unpaired) electrons. The molecule has 0 heterocycles. The molecule has 148 valence electrons. The summed E-state index contributed by atoms with van der Waals surface area (Å²) < 4.78 is 0. The second-order valence-electron chi connectivity index (χ2n) is 7.98. The predicted octanol–water partition coefficient (Wildman–Crippen LogP) is 5.06. The molecular formula is C24H30N2O2. The smallest absolute Gasteiger partial charge is 0.254 e. The number of carbonyl (C=O) groups excluding carboxylic acids is 2. The van der Waals surface area contributed by atoms with Crippen LogP contribution < -0.4 is 5.32 Å². The molecule has 0 atom stereocenters. The molecule has 0 bridgehead atoms. The standard InChI is InChI=1S/C24H30N2O2/c1-17-9-10-18(2)22(15-17)25-23(27)16-26(3)24(28)21-13-11-20(12-14-21)19-7-5-4-6-8-19/h9-15,19H,4-8,16H2,1-3H3,(H,25,27). The van der Waals surface area contributed by atoms with Gasteiger partial charge in [-0.1, -0.05) is 43.5 Å². The van der Waals surface area contributed by atoms with Crippen molar-refractivity contribution in [2.24, 2.45) is 0 Å². The minimum Gasteiger partial charge on any atom is -0.332 e. The molecule has 28 heavy (non-hydrogen) atoms. The third-order valence-electron chi connectivity index (χ3n) is 5.63. The first-order chi connectivity index (χ1) is 13.4. The number of nitrogens with zero attached hydrogens (tertiary/aromatic N) is 1. The van der Waals surface area contributed by atoms with Crippen LogP contribution in [0, 0.1) is 13.8 Å². The Morgan fingerprint density at radius 3 is 2.36 bits per heavy atom. The average molecular weight is 379 g/mol. The molecule has 0 aliphatic heterocycles. The number of carbonyl (C=O) groups is 2. The maximum absolute atomic E-state index is 12.7. The number of nitrogens with one attached hydrogen (secondary N) is 1. The maximum atomic E-state index is 12.7. The van der Waals surface area contributed by atoms with Gasteiger partial charge in [0.2, 0.25) is 5.91 Å². The topological polar surface area (TPSA) is 49.4 Å². The van der Waals surface area contributed by atoms with Gasteiger partial charge in [-0.3, -0.25) is 9.59 Å². The van der Waals surface area contributed by atoms with E-state index in [0.29, 0.717) is 11.5 Å². The Morgan fingerprint density at radius 1 is 1.00 bits per heavy atom. The summed E-state index contributed by atoms with van der Waals surface area (Å²) in [6.45, 7) is 3.97. The number of hydrogen-bond acceptors (Lipinski definition) is 2. The number of likely N-dealkylation sites (N-methyl/N-ethyl adjacent to an activating group) is 1. The lowest BCUT2D eigenvalue weighted by Gasteiger charge is -2.22. The molecule has 3 rings (SSSR count). The van der Waals surface area contributed by atoms with Gasteiger partial charge >= 0.3 is 0 Å². The second-order valence-corrected chi connectivity index (χ2v) is 7.98. The summed E-state index contributed by atoms with van der Waals surface area (Å²) >= 11 is 0. The van der Waals surface area contributed by atoms with Gasteiger partial charge < -0.3 is 10.2 Å². The highest BCUT2D eigenvalue weighted by atomic mass is 16.2. The first kappa shape index (κ1) is 20.1. The number of amides is 2. The van der Waals surface area contributed by atoms with Crippen LogP contribution in [-0.4, -0.2) is 30.3 Å². The van der Waals surface area contributed by atoms with E-state index in [1.165, 1.54) is 42.6 Å². The Kier molecular flexibility index (Phi) is 6.50. The van der Waals surface area contributed by atoms with Crippen LogP contribution in [0.3, 0.4) is 0 Å². The Labute approximate surface area is 167 Å². The van der Waals surface area contributed by atoms with E-state index in [1.807, 2.05) is 44.2 Å². The zero-order valence-corrected chi connectivity index (χ0v) is 17.1. The van der Waals surface area contributed by atoms with Gasteiger partial charge in [-0.05, 0) is 67.5 Å². The van der Waals surface area contributed by atoms with Crippen molar-refractivity contribution < 1.29 is 9.59 Å². The molecule has 2 aromatic carbocycles. The van der Waals surface area contributed by atoms with E-state index in [2.05, 4.69) is 17.4 Å². The molecule has 1 aliphatic carbocycles. The molecule has 1 aliphatic rings. The summed E-state index contributed by atoms with van der Waals surface area (Å²) in [5, 5.41) is 2.91. The minimum absolute atomic E-state index is 0.0244. The summed E-state index contributed by atoms with van der Waals surface area (Å²) in [6.07, 6.45) is 6.41. The zero-order chi connectivity index (χ0) is 20.1. The van der Waals surface area contributed by atoms with Gasteiger partial charge in [0.05, 0.1) is 6.54 Å². The molecule has 0 unspecified atom stereocenters. The van der Waals surface area contributed by atoms with Gasteiger partial charge in [0.25, 0.3) is 5.91 Å². The number of hydrogen-bond donors (Lipinski definition) is 1. The highest BCUT2D eigenvalue weighted by Crippen LogP contribution is 2.32. The van der Waals surface area contributed by atoms with E-state index < -0.39 is 0 Å². The lowest BCUT2D eigenvalue weighted by atomic mass is 9.84. The first-order valence-electron chi connectivity index (χ1n) is 10.2. The molecule has 1 fully saturated rings. The van der Waals surface area contributed by atoms with Crippen LogP contribution in [0.1, 0.15) is 65.1 Å². The van der Waals surface area contributed by atoms with Crippen LogP contribution in [0.15, 0.2) is 42.5 Å². The fraction of sp³-hybridized carbons (Fsp3) is 0.417. The Hall–Kier alpha value is -2.62. The van der Waals surface area contributed by atoms with E-state index in [-0.39, 0.29) is 18.4 Å². The third kappa shape index (κ3) is 5.00. The van der Waals surface area contributed by atoms with Crippen molar-refractivity contribution in [2.75, 3.05) is 18.9 Å². The summed E-state index contributed by atoms with van der Waals surface area (Å²) in [5.41, 5.74) is 4.84. The van der Waals surface area contributed by atoms with Crippen molar-refractivity contribution in [2.45, 2.75) is 51.9 Å². The zero-order valence-electron chi connectivity index (χ0n) is 17.1. The second kappa shape index (κ2) is 9.05. The lowest BCUT2D eigenvalue weighted by molar-refractivity contribution is -0.116. The van der Waals surface area contributed by atoms with E-state index in [9.17, 15) is 9.59 Å². The molecule has 2 aromatic rings. The molecule has 1 N–H and O–H groups in total. The van der Waals surface area contributed by atoms with E-state index >= 15 is 0 Å². The monoisotopic (exact) mass is 378 g/mol. The van der Waals surface area contributed by atoms with Gasteiger partial charge in [-0.15, -0.1) is 0 Å². The van der Waals surface area contributed by atoms with Crippen LogP contribution in [-0.2, 0) is 4.79 Å². The quantitative estimate of drug-likeness (QED) is 0.790. The molecule has 1 saturated carbocycles. The number of benzene rings is 2. The van der Waals surface area contributed by atoms with Crippen LogP contribution >= 0.6 is 0 Å². The Balaban J connectivity index is 1.59. The Bertz CT molecular complexity index is 836. The fourth-order valence-electron chi connectivity index (χ4n) is 3.90. The summed E-state index contributed by atoms with van der Waals surface area (Å²) in [7, 11) is 1.67. The first-order valence-corrected chi connectivity index (χ1v) is 10.2. The van der Waals surface area contributed by atoms with Gasteiger partial charge in [-0.2, -0.15) is 0 Å². The van der Waals surface area contributed by atoms with Crippen molar-refractivity contribution >= 4 is 17.5 Å². The molecular weight excluding hydrogens is 348 g/mol. The van der Waals surface area contributed by atoms with E-state index in [4.69, 9.17) is 0 Å². The van der Waals surface area contributed by atoms with Crippen molar-refractivity contribution in [3.63, 3.8) is 0 Å². The lowest BCUT2D eigenvalue weighted by Crippen LogP contribution is -2.35. The summed E-state index contributed by atoms with van der Waals surface area (Å²) in [5.74, 6) is 0.300. The third-order valence-corrected chi connectivity index (χ3v) is 5.63. The number of anilines is 1. The predicted molar refractivity (Wildman–Crippen MR) is 114 cm³/mol. The summed E-state index contributed by atoms with van der Waals surface area (Å²) in [6, 6.07) is 13.9. The van der Waals surface area contributed by atoms with E-state index in [1.54, 1.807) is 7.05 Å². The number of rotatable bonds is 5. The molecule has 4 nitrogen and oxygen atoms in total. The van der Waals surface area contributed by atoms with E-state index in [0.717, 1.165) is 16.8 Å². The maximum Gasteiger partial charge on any atom is 0.254 e. The minimum atomic E-state index is -0.191. The molecule has 4 heteroatoms. The van der Waals surface area contributed by atoms with Crippen LogP contribution in [0.2, 0.25) is 0 Å². The number of aryl methyl sites for hydroxylation is 2. The Morgan fingerprint density at radius 2 is 1.68 bits per heavy atom. The molecule has 0 saturated heterocycles. The van der Waals surface area contributed by atoms with Gasteiger partial charge in [-0.25, -0.2) is 0 Å². The molecule has 0 spiro atoms. The fourth-order valence-corrected chi connectivity index (χ4v) is 3.90. The highest BCUT2D eigenvalue weighted by Gasteiger charge is 2.18. The van der Waals surface area contributed by atoms with Crippen molar-refractivity contribution in [3.05, 3.63) is 64.7 Å². The molecule has 2 amide bonds. The van der Waals surface area contributed by atoms with Crippen LogP contribution in [0.4, 0.5) is 5.69 Å². The largest absolute Gasteiger partial charge is 0.332 e. The van der Waals surface area contributed by atoms with Crippen LogP contribution in [0.5, 0.6) is 0 Å². The summed E-state index contributed by atoms with van der Waals surface area (Å²) in [4.78, 5) is 26.5. The van der Waals surface area contributed by atoms with Gasteiger partial charge in [0, 0.05) is 18.3 Å².